The van der Waals surface area contributed by atoms with Crippen molar-refractivity contribution >= 4 is 5.97 Å². The second-order valence-electron chi connectivity index (χ2n) is 4.46. The van der Waals surface area contributed by atoms with Gasteiger partial charge < -0.3 is 14.4 Å². The van der Waals surface area contributed by atoms with E-state index >= 15 is 0 Å². The Hall–Kier alpha value is -1.61. The molecule has 0 spiro atoms. The van der Waals surface area contributed by atoms with Crippen molar-refractivity contribution < 1.29 is 14.4 Å². The van der Waals surface area contributed by atoms with Gasteiger partial charge in [0.2, 0.25) is 0 Å². The summed E-state index contributed by atoms with van der Waals surface area (Å²) in [7, 11) is 0. The molecule has 0 saturated carbocycles. The van der Waals surface area contributed by atoms with E-state index in [1.807, 2.05) is 0 Å². The largest absolute Gasteiger partial charge is 0.545 e. The Morgan fingerprint density at radius 3 is 1.89 bits per heavy atom. The van der Waals surface area contributed by atoms with E-state index in [4.69, 9.17) is 9.90 Å². The summed E-state index contributed by atoms with van der Waals surface area (Å²) in [6, 6.07) is 10.8. The molecule has 1 aromatic carbocycles. The molecular formula is C16H25NO2. The van der Waals surface area contributed by atoms with Crippen molar-refractivity contribution in [3.05, 3.63) is 48.6 Å². The summed E-state index contributed by atoms with van der Waals surface area (Å²) in [5.41, 5.74) is 1.46. The molecule has 0 N–H and O–H groups in total. The van der Waals surface area contributed by atoms with Crippen molar-refractivity contribution in [1.82, 2.24) is 0 Å². The zero-order valence-electron chi connectivity index (χ0n) is 12.3. The molecule has 0 aliphatic carbocycles. The number of aliphatic carboxylic acids is 1. The zero-order valence-corrected chi connectivity index (χ0v) is 12.3. The smallest absolute Gasteiger partial charge is 0.104 e. The second-order valence-corrected chi connectivity index (χ2v) is 4.46. The van der Waals surface area contributed by atoms with Crippen molar-refractivity contribution in [2.45, 2.75) is 27.3 Å². The number of benzene rings is 1. The van der Waals surface area contributed by atoms with Gasteiger partial charge in [-0.1, -0.05) is 36.9 Å². The molecule has 1 rings (SSSR count). The maximum Gasteiger partial charge on any atom is 0.104 e. The Labute approximate surface area is 116 Å². The first-order chi connectivity index (χ1) is 9.03. The van der Waals surface area contributed by atoms with Gasteiger partial charge in [0, 0.05) is 5.56 Å². The van der Waals surface area contributed by atoms with Gasteiger partial charge in [-0.05, 0) is 26.8 Å². The molecule has 0 fully saturated rings. The van der Waals surface area contributed by atoms with Gasteiger partial charge in [0.25, 0.3) is 0 Å². The molecular weight excluding hydrogens is 238 g/mol. The number of carbonyl (C=O) groups is 1. The highest BCUT2D eigenvalue weighted by atomic mass is 16.4. The first-order valence-electron chi connectivity index (χ1n) is 6.76. The Balaban J connectivity index is 0.000000555. The van der Waals surface area contributed by atoms with Gasteiger partial charge in [-0.3, -0.25) is 0 Å². The fourth-order valence-electron chi connectivity index (χ4n) is 1.98. The average molecular weight is 263 g/mol. The molecule has 19 heavy (non-hydrogen) atoms. The van der Waals surface area contributed by atoms with E-state index in [0.717, 1.165) is 6.08 Å². The van der Waals surface area contributed by atoms with Crippen molar-refractivity contribution in [1.29, 1.82) is 0 Å². The number of carbonyl (C=O) groups excluding carboxylic acids is 1. The maximum absolute atomic E-state index is 9.14. The van der Waals surface area contributed by atoms with Gasteiger partial charge in [-0.25, -0.2) is 0 Å². The van der Waals surface area contributed by atoms with Crippen LogP contribution >= 0.6 is 0 Å². The van der Waals surface area contributed by atoms with Gasteiger partial charge in [0.15, 0.2) is 0 Å². The highest BCUT2D eigenvalue weighted by Crippen LogP contribution is 2.13. The van der Waals surface area contributed by atoms with Gasteiger partial charge in [-0.15, -0.1) is 0 Å². The van der Waals surface area contributed by atoms with E-state index in [9.17, 15) is 0 Å². The number of nitrogens with zero attached hydrogens (tertiary/aromatic N) is 1. The van der Waals surface area contributed by atoms with Gasteiger partial charge >= 0.3 is 0 Å². The molecule has 0 saturated heterocycles. The minimum absolute atomic E-state index is 0.722. The van der Waals surface area contributed by atoms with Crippen LogP contribution < -0.4 is 5.11 Å². The number of quaternary nitrogens is 1. The molecule has 0 aliphatic heterocycles. The van der Waals surface area contributed by atoms with E-state index in [-0.39, 0.29) is 0 Å². The lowest BCUT2D eigenvalue weighted by Crippen LogP contribution is -2.46. The highest BCUT2D eigenvalue weighted by Gasteiger charge is 2.20. The summed E-state index contributed by atoms with van der Waals surface area (Å²) in [6.45, 7) is 14.6. The molecule has 106 valence electrons. The molecule has 3 heteroatoms. The number of carboxylic acids is 1. The fourth-order valence-corrected chi connectivity index (χ4v) is 1.98. The van der Waals surface area contributed by atoms with Crippen LogP contribution in [0.3, 0.4) is 0 Å². The summed E-state index contributed by atoms with van der Waals surface area (Å²) in [6.07, 6.45) is 0.722. The Kier molecular flexibility index (Phi) is 8.55. The first kappa shape index (κ1) is 17.4. The van der Waals surface area contributed by atoms with Crippen LogP contribution in [0.4, 0.5) is 0 Å². The summed E-state index contributed by atoms with van der Waals surface area (Å²) < 4.78 is 1.20. The minimum atomic E-state index is -1.23. The Bertz CT molecular complexity index is 361. The molecule has 0 atom stereocenters. The second kappa shape index (κ2) is 9.34. The molecule has 0 aliphatic rings. The van der Waals surface area contributed by atoms with Crippen molar-refractivity contribution in [3.63, 3.8) is 0 Å². The average Bonchev–Trinajstić information content (AvgIpc) is 2.46. The molecule has 1 aromatic rings. The SMILES string of the molecule is C=CC(=O)[O-].CC[N+](CC)(CC)Cc1ccccc1. The van der Waals surface area contributed by atoms with Gasteiger partial charge in [-0.2, -0.15) is 0 Å². The van der Waals surface area contributed by atoms with Crippen LogP contribution in [0.5, 0.6) is 0 Å². The predicted molar refractivity (Wildman–Crippen MR) is 77.2 cm³/mol. The van der Waals surface area contributed by atoms with E-state index in [1.54, 1.807) is 0 Å². The van der Waals surface area contributed by atoms with Crippen LogP contribution in [0.15, 0.2) is 43.0 Å². The normalized spacial score (nSPS) is 10.3. The standard InChI is InChI=1S/C13H22N.C3H4O2/c1-4-14(5-2,6-3)12-13-10-8-7-9-11-13;1-2-3(4)5/h7-11H,4-6,12H2,1-3H3;2H,1H2,(H,4,5)/q+1;/p-1. The molecule has 0 bridgehead atoms. The van der Waals surface area contributed by atoms with Gasteiger partial charge in [0.05, 0.1) is 25.6 Å². The lowest BCUT2D eigenvalue weighted by molar-refractivity contribution is -0.936. The third-order valence-electron chi connectivity index (χ3n) is 3.54. The highest BCUT2D eigenvalue weighted by molar-refractivity contribution is 5.76. The minimum Gasteiger partial charge on any atom is -0.545 e. The van der Waals surface area contributed by atoms with Crippen molar-refractivity contribution in [3.8, 4) is 0 Å². The van der Waals surface area contributed by atoms with E-state index < -0.39 is 5.97 Å². The van der Waals surface area contributed by atoms with Crippen LogP contribution in [0.2, 0.25) is 0 Å². The predicted octanol–water partition coefficient (Wildman–Crippen LogP) is 1.99. The molecule has 0 radical (unpaired) electrons. The zero-order chi connectivity index (χ0) is 14.7. The third kappa shape index (κ3) is 6.77. The van der Waals surface area contributed by atoms with Crippen LogP contribution in [-0.4, -0.2) is 30.1 Å². The number of hydrogen-bond donors (Lipinski definition) is 0. The third-order valence-corrected chi connectivity index (χ3v) is 3.54. The number of carboxylic acid groups (broad SMARTS) is 1. The van der Waals surface area contributed by atoms with Crippen LogP contribution in [0, 0.1) is 0 Å². The van der Waals surface area contributed by atoms with E-state index in [0.29, 0.717) is 0 Å². The topological polar surface area (TPSA) is 40.1 Å². The first-order valence-corrected chi connectivity index (χ1v) is 6.76. The summed E-state index contributed by atoms with van der Waals surface area (Å²) >= 11 is 0. The van der Waals surface area contributed by atoms with Crippen LogP contribution in [0.25, 0.3) is 0 Å². The lowest BCUT2D eigenvalue weighted by Gasteiger charge is -2.35. The molecule has 0 amide bonds. The molecule has 3 nitrogen and oxygen atoms in total. The van der Waals surface area contributed by atoms with E-state index in [1.165, 1.54) is 36.2 Å². The lowest BCUT2D eigenvalue weighted by atomic mass is 10.2. The van der Waals surface area contributed by atoms with Crippen molar-refractivity contribution in [2.75, 3.05) is 19.6 Å². The Morgan fingerprint density at radius 1 is 1.16 bits per heavy atom. The van der Waals surface area contributed by atoms with Crippen molar-refractivity contribution in [2.24, 2.45) is 0 Å². The van der Waals surface area contributed by atoms with E-state index in [2.05, 4.69) is 57.7 Å². The molecule has 0 heterocycles. The fraction of sp³-hybridized carbons (Fsp3) is 0.438. The quantitative estimate of drug-likeness (QED) is 0.581. The summed E-state index contributed by atoms with van der Waals surface area (Å²) in [4.78, 5) is 9.14. The summed E-state index contributed by atoms with van der Waals surface area (Å²) in [5, 5.41) is 9.14. The summed E-state index contributed by atoms with van der Waals surface area (Å²) in [5.74, 6) is -1.23. The number of hydrogen-bond acceptors (Lipinski definition) is 2. The monoisotopic (exact) mass is 263 g/mol. The molecule has 0 unspecified atom stereocenters. The Morgan fingerprint density at radius 2 is 1.58 bits per heavy atom. The van der Waals surface area contributed by atoms with Crippen LogP contribution in [-0.2, 0) is 11.3 Å². The van der Waals surface area contributed by atoms with Crippen LogP contribution in [0.1, 0.15) is 26.3 Å². The van der Waals surface area contributed by atoms with Gasteiger partial charge in [0.1, 0.15) is 6.54 Å². The maximum atomic E-state index is 9.14. The number of rotatable bonds is 6. The molecule has 0 aromatic heterocycles.